The molecule has 6 heteroatoms. The molecule has 5 rings (SSSR count). The summed E-state index contributed by atoms with van der Waals surface area (Å²) in [6.07, 6.45) is 9.59. The lowest BCUT2D eigenvalue weighted by molar-refractivity contribution is -0.0629. The second-order valence-electron chi connectivity index (χ2n) is 8.65. The van der Waals surface area contributed by atoms with Crippen LogP contribution in [0.2, 0.25) is 0 Å². The molecule has 1 aromatic rings. The molecule has 26 heavy (non-hydrogen) atoms. The molecule has 0 aliphatic heterocycles. The van der Waals surface area contributed by atoms with Crippen molar-refractivity contribution in [2.24, 2.45) is 23.2 Å². The highest BCUT2D eigenvalue weighted by atomic mass is 32.2. The molecular formula is C20H25N3O2S. The molecule has 4 saturated carbocycles. The topological polar surface area (TPSA) is 77.0 Å². The van der Waals surface area contributed by atoms with Crippen LogP contribution in [-0.2, 0) is 0 Å². The minimum absolute atomic E-state index is 0.0755. The van der Waals surface area contributed by atoms with E-state index in [1.807, 2.05) is 0 Å². The first-order chi connectivity index (χ1) is 12.4. The minimum atomic E-state index is -0.407. The van der Waals surface area contributed by atoms with E-state index >= 15 is 0 Å². The number of amides is 1. The van der Waals surface area contributed by atoms with E-state index in [0.29, 0.717) is 10.6 Å². The van der Waals surface area contributed by atoms with E-state index in [1.54, 1.807) is 18.2 Å². The first-order valence-corrected chi connectivity index (χ1v) is 10.6. The summed E-state index contributed by atoms with van der Waals surface area (Å²) in [5, 5.41) is 9.80. The van der Waals surface area contributed by atoms with Gasteiger partial charge in [0.15, 0.2) is 0 Å². The number of pyridine rings is 1. The third-order valence-electron chi connectivity index (χ3n) is 6.64. The van der Waals surface area contributed by atoms with E-state index in [2.05, 4.69) is 11.1 Å². The van der Waals surface area contributed by atoms with Crippen LogP contribution in [0.3, 0.4) is 0 Å². The summed E-state index contributed by atoms with van der Waals surface area (Å²) < 4.78 is 0. The van der Waals surface area contributed by atoms with Gasteiger partial charge in [0, 0.05) is 13.6 Å². The van der Waals surface area contributed by atoms with E-state index in [4.69, 9.17) is 0 Å². The maximum atomic E-state index is 12.9. The number of H-pyrrole nitrogens is 1. The van der Waals surface area contributed by atoms with Crippen LogP contribution in [-0.4, -0.2) is 35.6 Å². The summed E-state index contributed by atoms with van der Waals surface area (Å²) in [5.41, 5.74) is 0.259. The van der Waals surface area contributed by atoms with Gasteiger partial charge in [0.05, 0.1) is 10.6 Å². The molecular weight excluding hydrogens is 346 g/mol. The molecule has 1 heterocycles. The Morgan fingerprint density at radius 1 is 1.31 bits per heavy atom. The van der Waals surface area contributed by atoms with Crippen LogP contribution < -0.4 is 5.56 Å². The van der Waals surface area contributed by atoms with Gasteiger partial charge in [0.2, 0.25) is 0 Å². The van der Waals surface area contributed by atoms with Gasteiger partial charge >= 0.3 is 0 Å². The van der Waals surface area contributed by atoms with Crippen LogP contribution in [0.25, 0.3) is 0 Å². The van der Waals surface area contributed by atoms with Gasteiger partial charge in [-0.25, -0.2) is 0 Å². The molecule has 0 spiro atoms. The van der Waals surface area contributed by atoms with Gasteiger partial charge in [-0.05, 0) is 74.0 Å². The zero-order valence-corrected chi connectivity index (χ0v) is 16.2. The first-order valence-electron chi connectivity index (χ1n) is 9.40. The van der Waals surface area contributed by atoms with Crippen molar-refractivity contribution < 1.29 is 4.79 Å². The van der Waals surface area contributed by atoms with Gasteiger partial charge in [-0.15, -0.1) is 11.8 Å². The Balaban J connectivity index is 1.56. The number of aromatic amines is 1. The van der Waals surface area contributed by atoms with Crippen molar-refractivity contribution >= 4 is 17.7 Å². The maximum Gasteiger partial charge on any atom is 0.261 e. The predicted molar refractivity (Wildman–Crippen MR) is 101 cm³/mol. The van der Waals surface area contributed by atoms with E-state index in [9.17, 15) is 14.9 Å². The van der Waals surface area contributed by atoms with Crippen LogP contribution in [0, 0.1) is 34.5 Å². The third-order valence-corrected chi connectivity index (χ3v) is 7.37. The average molecular weight is 372 g/mol. The largest absolute Gasteiger partial charge is 0.341 e. The van der Waals surface area contributed by atoms with Crippen molar-refractivity contribution in [1.29, 1.82) is 5.26 Å². The van der Waals surface area contributed by atoms with E-state index in [1.165, 1.54) is 56.4 Å². The third kappa shape index (κ3) is 2.96. The Labute approximate surface area is 158 Å². The summed E-state index contributed by atoms with van der Waals surface area (Å²) in [6.45, 7) is 0.723. The number of hydrogen-bond acceptors (Lipinski definition) is 4. The van der Waals surface area contributed by atoms with Crippen LogP contribution in [0.4, 0.5) is 0 Å². The molecule has 1 N–H and O–H groups in total. The number of nitrogens with one attached hydrogen (secondary N) is 1. The first kappa shape index (κ1) is 17.7. The zero-order valence-electron chi connectivity index (χ0n) is 15.4. The molecule has 1 aromatic heterocycles. The van der Waals surface area contributed by atoms with Crippen molar-refractivity contribution in [3.63, 3.8) is 0 Å². The Kier molecular flexibility index (Phi) is 4.38. The van der Waals surface area contributed by atoms with Gasteiger partial charge in [-0.3, -0.25) is 9.59 Å². The highest BCUT2D eigenvalue weighted by Crippen LogP contribution is 2.60. The number of rotatable bonds is 4. The molecule has 0 saturated heterocycles. The Hall–Kier alpha value is -1.74. The van der Waals surface area contributed by atoms with Gasteiger partial charge < -0.3 is 9.88 Å². The molecule has 4 aliphatic carbocycles. The molecule has 4 fully saturated rings. The number of aromatic nitrogens is 1. The number of carbonyl (C=O) groups is 1. The van der Waals surface area contributed by atoms with Crippen molar-refractivity contribution in [3.8, 4) is 6.07 Å². The summed E-state index contributed by atoms with van der Waals surface area (Å²) in [6, 6.07) is 3.52. The zero-order chi connectivity index (χ0) is 18.5. The Bertz CT molecular complexity index is 803. The number of thioether (sulfide) groups is 1. The lowest BCUT2D eigenvalue weighted by Crippen LogP contribution is -2.51. The smallest absolute Gasteiger partial charge is 0.261 e. The molecule has 4 aliphatic rings. The van der Waals surface area contributed by atoms with Gasteiger partial charge in [0.1, 0.15) is 11.6 Å². The Morgan fingerprint density at radius 3 is 2.38 bits per heavy atom. The van der Waals surface area contributed by atoms with Crippen LogP contribution in [0.1, 0.15) is 54.4 Å². The average Bonchev–Trinajstić information content (AvgIpc) is 2.59. The molecule has 0 unspecified atom stereocenters. The lowest BCUT2D eigenvalue weighted by Gasteiger charge is -2.57. The van der Waals surface area contributed by atoms with Gasteiger partial charge in [-0.2, -0.15) is 5.26 Å². The molecule has 5 nitrogen and oxygen atoms in total. The number of carbonyl (C=O) groups excluding carboxylic acids is 1. The predicted octanol–water partition coefficient (Wildman–Crippen LogP) is 3.26. The molecule has 0 radical (unpaired) electrons. The number of nitriles is 1. The normalized spacial score (nSPS) is 31.7. The standard InChI is InChI=1S/C20H25N3O2S/c1-23(11-20-7-12-3-13(8-20)5-14(4-12)9-20)19(25)16-6-15(10-21)18(26-2)22-17(16)24/h6,12-14H,3-5,7-9,11H2,1-2H3,(H,22,24). The minimum Gasteiger partial charge on any atom is -0.341 e. The quantitative estimate of drug-likeness (QED) is 0.824. The molecule has 0 atom stereocenters. The number of nitrogens with zero attached hydrogens (tertiary/aromatic N) is 2. The Morgan fingerprint density at radius 2 is 1.88 bits per heavy atom. The lowest BCUT2D eigenvalue weighted by atomic mass is 9.49. The molecule has 0 aromatic carbocycles. The van der Waals surface area contributed by atoms with Crippen LogP contribution >= 0.6 is 11.8 Å². The van der Waals surface area contributed by atoms with Crippen LogP contribution in [0.15, 0.2) is 15.9 Å². The SMILES string of the molecule is CSc1[nH]c(=O)c(C(=O)N(C)CC23CC4CC(CC(C4)C2)C3)cc1C#N. The monoisotopic (exact) mass is 371 g/mol. The van der Waals surface area contributed by atoms with Gasteiger partial charge in [-0.1, -0.05) is 0 Å². The van der Waals surface area contributed by atoms with E-state index < -0.39 is 5.56 Å². The van der Waals surface area contributed by atoms with Crippen molar-refractivity contribution in [1.82, 2.24) is 9.88 Å². The van der Waals surface area contributed by atoms with Gasteiger partial charge in [0.25, 0.3) is 11.5 Å². The summed E-state index contributed by atoms with van der Waals surface area (Å²) in [7, 11) is 1.80. The highest BCUT2D eigenvalue weighted by molar-refractivity contribution is 7.98. The van der Waals surface area contributed by atoms with E-state index in [0.717, 1.165) is 24.3 Å². The fourth-order valence-electron chi connectivity index (χ4n) is 6.18. The second kappa shape index (κ2) is 6.45. The molecule has 4 bridgehead atoms. The van der Waals surface area contributed by atoms with Crippen LogP contribution in [0.5, 0.6) is 0 Å². The van der Waals surface area contributed by atoms with Crippen molar-refractivity contribution in [3.05, 3.63) is 27.5 Å². The summed E-state index contributed by atoms with van der Waals surface area (Å²) in [5.74, 6) is 2.23. The fraction of sp³-hybridized carbons (Fsp3) is 0.650. The molecule has 138 valence electrons. The highest BCUT2D eigenvalue weighted by Gasteiger charge is 2.51. The second-order valence-corrected chi connectivity index (χ2v) is 9.47. The van der Waals surface area contributed by atoms with Crippen molar-refractivity contribution in [2.75, 3.05) is 19.8 Å². The summed E-state index contributed by atoms with van der Waals surface area (Å²) >= 11 is 1.30. The maximum absolute atomic E-state index is 12.9. The van der Waals surface area contributed by atoms with Crippen molar-refractivity contribution in [2.45, 2.75) is 43.6 Å². The summed E-state index contributed by atoms with van der Waals surface area (Å²) in [4.78, 5) is 29.7. The fourth-order valence-corrected chi connectivity index (χ4v) is 6.70. The number of hydrogen-bond donors (Lipinski definition) is 1. The molecule has 1 amide bonds. The van der Waals surface area contributed by atoms with E-state index in [-0.39, 0.29) is 16.9 Å².